The van der Waals surface area contributed by atoms with Crippen molar-refractivity contribution >= 4 is 19.4 Å². The topological polar surface area (TPSA) is 0 Å². The molecule has 0 bridgehead atoms. The predicted octanol–water partition coefficient (Wildman–Crippen LogP) is 2.91. The molecule has 1 aromatic rings. The summed E-state index contributed by atoms with van der Waals surface area (Å²) in [6.07, 6.45) is 1.15. The van der Waals surface area contributed by atoms with E-state index in [4.69, 9.17) is 11.6 Å². The van der Waals surface area contributed by atoms with Crippen LogP contribution in [0.5, 0.6) is 0 Å². The Morgan fingerprint density at radius 2 is 2.08 bits per heavy atom. The molecule has 0 aliphatic carbocycles. The molecule has 1 rings (SSSR count). The van der Waals surface area contributed by atoms with E-state index in [1.54, 1.807) is 0 Å². The van der Waals surface area contributed by atoms with Crippen LogP contribution in [-0.2, 0) is 5.31 Å². The van der Waals surface area contributed by atoms with Crippen LogP contribution >= 0.6 is 11.6 Å². The van der Waals surface area contributed by atoms with Crippen molar-refractivity contribution in [1.29, 1.82) is 0 Å². The number of rotatable bonds is 2. The van der Waals surface area contributed by atoms with Crippen LogP contribution in [0.15, 0.2) is 18.2 Å². The van der Waals surface area contributed by atoms with Crippen LogP contribution in [-0.4, -0.2) is 7.85 Å². The van der Waals surface area contributed by atoms with E-state index in [9.17, 15) is 0 Å². The Kier molecular flexibility index (Phi) is 3.07. The molecule has 2 heteroatoms. The summed E-state index contributed by atoms with van der Waals surface area (Å²) in [5.41, 5.74) is 2.54. The van der Waals surface area contributed by atoms with Gasteiger partial charge in [-0.25, -0.2) is 0 Å². The van der Waals surface area contributed by atoms with Crippen molar-refractivity contribution in [1.82, 2.24) is 0 Å². The van der Waals surface area contributed by atoms with Gasteiger partial charge in [0.05, 0.1) is 0 Å². The standard InChI is InChI=1S/C11H16BCl/c1-4-11(3,12)9-5-6-10(13)8(2)7-9/h5-7H,4,12H2,1-3H3. The summed E-state index contributed by atoms with van der Waals surface area (Å²) in [7, 11) is 2.26. The normalized spacial score (nSPS) is 15.4. The largest absolute Gasteiger partial charge is 0.114 e. The Bertz CT molecular complexity index is 305. The van der Waals surface area contributed by atoms with Crippen molar-refractivity contribution in [2.45, 2.75) is 32.5 Å². The Labute approximate surface area is 86.7 Å². The lowest BCUT2D eigenvalue weighted by Gasteiger charge is -2.23. The first-order valence-corrected chi connectivity index (χ1v) is 5.12. The predicted molar refractivity (Wildman–Crippen MR) is 62.4 cm³/mol. The molecule has 0 radical (unpaired) electrons. The van der Waals surface area contributed by atoms with Crippen LogP contribution < -0.4 is 0 Å². The lowest BCUT2D eigenvalue weighted by atomic mass is 9.64. The lowest BCUT2D eigenvalue weighted by molar-refractivity contribution is 0.648. The molecule has 0 amide bonds. The number of benzene rings is 1. The van der Waals surface area contributed by atoms with E-state index in [0.717, 1.165) is 11.4 Å². The monoisotopic (exact) mass is 194 g/mol. The quantitative estimate of drug-likeness (QED) is 0.635. The minimum atomic E-state index is 0.259. The minimum absolute atomic E-state index is 0.259. The summed E-state index contributed by atoms with van der Waals surface area (Å²) < 4.78 is 0. The first-order chi connectivity index (χ1) is 5.97. The highest BCUT2D eigenvalue weighted by Gasteiger charge is 2.18. The van der Waals surface area contributed by atoms with Gasteiger partial charge in [-0.1, -0.05) is 44.0 Å². The van der Waals surface area contributed by atoms with Crippen LogP contribution in [0.25, 0.3) is 0 Å². The minimum Gasteiger partial charge on any atom is -0.0841 e. The molecule has 0 nitrogen and oxygen atoms in total. The molecule has 0 N–H and O–H groups in total. The second kappa shape index (κ2) is 3.75. The first kappa shape index (κ1) is 10.7. The first-order valence-electron chi connectivity index (χ1n) is 4.74. The molecule has 0 aromatic heterocycles. The highest BCUT2D eigenvalue weighted by Crippen LogP contribution is 2.26. The molecule has 0 spiro atoms. The Hall–Kier alpha value is -0.425. The van der Waals surface area contributed by atoms with Crippen LogP contribution in [0.4, 0.5) is 0 Å². The van der Waals surface area contributed by atoms with Gasteiger partial charge >= 0.3 is 0 Å². The summed E-state index contributed by atoms with van der Waals surface area (Å²) >= 11 is 5.97. The van der Waals surface area contributed by atoms with Gasteiger partial charge in [-0.2, -0.15) is 0 Å². The van der Waals surface area contributed by atoms with Gasteiger partial charge < -0.3 is 0 Å². The van der Waals surface area contributed by atoms with Gasteiger partial charge in [-0.15, -0.1) is 0 Å². The fourth-order valence-electron chi connectivity index (χ4n) is 1.27. The number of hydrogen-bond acceptors (Lipinski definition) is 0. The second-order valence-electron chi connectivity index (χ2n) is 4.20. The zero-order chi connectivity index (χ0) is 10.1. The average Bonchev–Trinajstić information content (AvgIpc) is 2.09. The van der Waals surface area contributed by atoms with Crippen molar-refractivity contribution < 1.29 is 0 Å². The molecular weight excluding hydrogens is 178 g/mol. The van der Waals surface area contributed by atoms with Crippen molar-refractivity contribution in [3.8, 4) is 0 Å². The SMILES string of the molecule is BC(C)(CC)c1ccc(Cl)c(C)c1. The molecule has 0 aliphatic rings. The summed E-state index contributed by atoms with van der Waals surface area (Å²) in [6.45, 7) is 6.52. The molecule has 70 valence electrons. The van der Waals surface area contributed by atoms with Crippen LogP contribution in [0.1, 0.15) is 31.4 Å². The number of aryl methyl sites for hydroxylation is 1. The second-order valence-corrected chi connectivity index (χ2v) is 4.61. The third kappa shape index (κ3) is 2.28. The molecule has 0 heterocycles. The van der Waals surface area contributed by atoms with E-state index >= 15 is 0 Å². The Balaban J connectivity index is 3.10. The molecule has 0 aliphatic heterocycles. The maximum absolute atomic E-state index is 5.97. The third-order valence-electron chi connectivity index (χ3n) is 2.82. The van der Waals surface area contributed by atoms with Crippen molar-refractivity contribution in [3.63, 3.8) is 0 Å². The summed E-state index contributed by atoms with van der Waals surface area (Å²) in [6, 6.07) is 6.30. The van der Waals surface area contributed by atoms with Crippen molar-refractivity contribution in [3.05, 3.63) is 34.3 Å². The molecule has 13 heavy (non-hydrogen) atoms. The summed E-state index contributed by atoms with van der Waals surface area (Å²) in [5, 5.41) is 1.12. The zero-order valence-electron chi connectivity index (χ0n) is 8.82. The Morgan fingerprint density at radius 1 is 1.46 bits per heavy atom. The molecule has 1 aromatic carbocycles. The Morgan fingerprint density at radius 3 is 2.54 bits per heavy atom. The van der Waals surface area contributed by atoms with E-state index in [1.165, 1.54) is 11.1 Å². The maximum Gasteiger partial charge on any atom is 0.114 e. The molecule has 1 unspecified atom stereocenters. The lowest BCUT2D eigenvalue weighted by Crippen LogP contribution is -2.20. The van der Waals surface area contributed by atoms with Crippen LogP contribution in [0.2, 0.25) is 5.02 Å². The summed E-state index contributed by atoms with van der Waals surface area (Å²) in [5.74, 6) is 0. The molecule has 0 saturated heterocycles. The molecular formula is C11H16BCl. The highest BCUT2D eigenvalue weighted by atomic mass is 35.5. The van der Waals surface area contributed by atoms with Gasteiger partial charge in [0, 0.05) is 5.02 Å². The average molecular weight is 195 g/mol. The van der Waals surface area contributed by atoms with Gasteiger partial charge in [0.15, 0.2) is 0 Å². The van der Waals surface area contributed by atoms with Crippen molar-refractivity contribution in [2.24, 2.45) is 0 Å². The van der Waals surface area contributed by atoms with E-state index in [2.05, 4.69) is 40.8 Å². The van der Waals surface area contributed by atoms with Gasteiger partial charge in [0.1, 0.15) is 7.85 Å². The highest BCUT2D eigenvalue weighted by molar-refractivity contribution is 6.31. The zero-order valence-corrected chi connectivity index (χ0v) is 9.57. The van der Waals surface area contributed by atoms with Gasteiger partial charge in [-0.05, 0) is 29.4 Å². The van der Waals surface area contributed by atoms with Gasteiger partial charge in [0.2, 0.25) is 0 Å². The summed E-state index contributed by atoms with van der Waals surface area (Å²) in [4.78, 5) is 0. The van der Waals surface area contributed by atoms with Gasteiger partial charge in [0.25, 0.3) is 0 Å². The maximum atomic E-state index is 5.97. The molecule has 0 fully saturated rings. The van der Waals surface area contributed by atoms with E-state index < -0.39 is 0 Å². The number of halogens is 1. The van der Waals surface area contributed by atoms with E-state index in [1.807, 2.05) is 6.07 Å². The fraction of sp³-hybridized carbons (Fsp3) is 0.455. The number of hydrogen-bond donors (Lipinski definition) is 0. The van der Waals surface area contributed by atoms with E-state index in [-0.39, 0.29) is 5.31 Å². The van der Waals surface area contributed by atoms with E-state index in [0.29, 0.717) is 0 Å². The third-order valence-corrected chi connectivity index (χ3v) is 3.25. The fourth-order valence-corrected chi connectivity index (χ4v) is 1.39. The smallest absolute Gasteiger partial charge is 0.0841 e. The van der Waals surface area contributed by atoms with Gasteiger partial charge in [-0.3, -0.25) is 0 Å². The molecule has 1 atom stereocenters. The van der Waals surface area contributed by atoms with Crippen LogP contribution in [0.3, 0.4) is 0 Å². The van der Waals surface area contributed by atoms with Crippen molar-refractivity contribution in [2.75, 3.05) is 0 Å². The van der Waals surface area contributed by atoms with Crippen LogP contribution in [0, 0.1) is 6.92 Å². The molecule has 0 saturated carbocycles.